The minimum atomic E-state index is -2.42. The highest BCUT2D eigenvalue weighted by atomic mass is 35.5. The Morgan fingerprint density at radius 1 is 1.36 bits per heavy atom. The van der Waals surface area contributed by atoms with Crippen LogP contribution in [-0.4, -0.2) is 29.0 Å². The molecule has 8 heteroatoms. The monoisotopic (exact) mass is 327 g/mol. The summed E-state index contributed by atoms with van der Waals surface area (Å²) in [5.41, 5.74) is 1.09. The lowest BCUT2D eigenvalue weighted by molar-refractivity contribution is 0.0238. The molecule has 116 valence electrons. The Bertz CT molecular complexity index is 867. The highest BCUT2D eigenvalue weighted by Crippen LogP contribution is 2.26. The molecule has 2 aromatic heterocycles. The molecule has 0 radical (unpaired) electrons. The van der Waals surface area contributed by atoms with Crippen molar-refractivity contribution in [2.75, 3.05) is 13.1 Å². The molecule has 0 atom stereocenters. The summed E-state index contributed by atoms with van der Waals surface area (Å²) in [4.78, 5) is 17.9. The van der Waals surface area contributed by atoms with Crippen LogP contribution >= 0.6 is 11.6 Å². The molecule has 1 aliphatic heterocycles. The van der Waals surface area contributed by atoms with E-state index in [-0.39, 0.29) is 24.1 Å². The number of hydrogen-bond donors (Lipinski definition) is 2. The number of nitrogens with zero attached hydrogens (tertiary/aromatic N) is 1. The summed E-state index contributed by atoms with van der Waals surface area (Å²) >= 11 is 5.86. The van der Waals surface area contributed by atoms with Gasteiger partial charge in [0.2, 0.25) is 5.58 Å². The molecular weight excluding hydrogens is 316 g/mol. The second kappa shape index (κ2) is 5.66. The van der Waals surface area contributed by atoms with Crippen molar-refractivity contribution in [3.8, 4) is 0 Å². The fourth-order valence-electron chi connectivity index (χ4n) is 2.19. The Morgan fingerprint density at radius 3 is 2.82 bits per heavy atom. The number of alkyl halides is 2. The number of fused-ring (bicyclic) bond motifs is 3. The zero-order valence-corrected chi connectivity index (χ0v) is 12.1. The van der Waals surface area contributed by atoms with Crippen LogP contribution in [0.15, 0.2) is 33.7 Å². The van der Waals surface area contributed by atoms with Crippen molar-refractivity contribution in [1.82, 2.24) is 15.3 Å². The maximum Gasteiger partial charge on any atom is 0.294 e. The topological polar surface area (TPSA) is 70.9 Å². The van der Waals surface area contributed by atoms with Crippen LogP contribution in [0.1, 0.15) is 6.42 Å². The second-order valence-corrected chi connectivity index (χ2v) is 5.37. The second-order valence-electron chi connectivity index (χ2n) is 4.93. The molecule has 0 saturated carbocycles. The lowest BCUT2D eigenvalue weighted by Crippen LogP contribution is -2.18. The van der Waals surface area contributed by atoms with Crippen LogP contribution in [0.4, 0.5) is 8.78 Å². The van der Waals surface area contributed by atoms with E-state index in [1.165, 1.54) is 6.33 Å². The smallest absolute Gasteiger partial charge is 0.294 e. The molecule has 2 N–H and O–H groups in total. The molecule has 4 rings (SSSR count). The minimum Gasteiger partial charge on any atom is -0.449 e. The summed E-state index contributed by atoms with van der Waals surface area (Å²) in [6.07, 6.45) is 1.35. The number of benzene rings is 1. The largest absolute Gasteiger partial charge is 0.449 e. The van der Waals surface area contributed by atoms with Crippen molar-refractivity contribution < 1.29 is 13.2 Å². The quantitative estimate of drug-likeness (QED) is 0.666. The predicted octanol–water partition coefficient (Wildman–Crippen LogP) is 2.94. The fourth-order valence-corrected chi connectivity index (χ4v) is 2.36. The maximum atomic E-state index is 11.9. The summed E-state index contributed by atoms with van der Waals surface area (Å²) < 4.78 is 29.1. The van der Waals surface area contributed by atoms with Crippen LogP contribution in [0.3, 0.4) is 0 Å². The van der Waals surface area contributed by atoms with Gasteiger partial charge in [-0.1, -0.05) is 11.6 Å². The van der Waals surface area contributed by atoms with Crippen LogP contribution in [0.5, 0.6) is 0 Å². The van der Waals surface area contributed by atoms with Crippen LogP contribution in [-0.2, 0) is 0 Å². The lowest BCUT2D eigenvalue weighted by atomic mass is 10.2. The average molecular weight is 328 g/mol. The van der Waals surface area contributed by atoms with Crippen molar-refractivity contribution in [3.63, 3.8) is 0 Å². The van der Waals surface area contributed by atoms with Crippen molar-refractivity contribution in [2.24, 2.45) is 0 Å². The summed E-state index contributed by atoms with van der Waals surface area (Å²) in [5.74, 6) is -2.42. The molecule has 0 aliphatic carbocycles. The van der Waals surface area contributed by atoms with E-state index in [2.05, 4.69) is 15.3 Å². The van der Waals surface area contributed by atoms with Gasteiger partial charge in [0.25, 0.3) is 11.5 Å². The van der Waals surface area contributed by atoms with Gasteiger partial charge in [0.1, 0.15) is 11.1 Å². The molecule has 0 bridgehead atoms. The molecule has 1 aromatic carbocycles. The number of aromatic nitrogens is 2. The molecule has 0 unspecified atom stereocenters. The van der Waals surface area contributed by atoms with Gasteiger partial charge in [0, 0.05) is 23.4 Å². The molecule has 0 amide bonds. The molecule has 1 saturated heterocycles. The Morgan fingerprint density at radius 2 is 2.18 bits per heavy atom. The number of nitrogens with one attached hydrogen (secondary N) is 2. The third-order valence-corrected chi connectivity index (χ3v) is 3.51. The van der Waals surface area contributed by atoms with Crippen molar-refractivity contribution in [2.45, 2.75) is 12.3 Å². The van der Waals surface area contributed by atoms with Gasteiger partial charge in [-0.25, -0.2) is 13.8 Å². The van der Waals surface area contributed by atoms with Crippen LogP contribution in [0.2, 0.25) is 5.02 Å². The number of furan rings is 1. The Labute approximate surface area is 128 Å². The van der Waals surface area contributed by atoms with Gasteiger partial charge in [0.05, 0.1) is 12.9 Å². The summed E-state index contributed by atoms with van der Waals surface area (Å²) in [5, 5.41) is 3.91. The first-order valence-electron chi connectivity index (χ1n) is 6.60. The van der Waals surface area contributed by atoms with Gasteiger partial charge >= 0.3 is 0 Å². The van der Waals surface area contributed by atoms with Crippen molar-refractivity contribution in [1.29, 1.82) is 0 Å². The number of aromatic amines is 1. The van der Waals surface area contributed by atoms with Crippen molar-refractivity contribution in [3.05, 3.63) is 39.9 Å². The molecule has 22 heavy (non-hydrogen) atoms. The van der Waals surface area contributed by atoms with Gasteiger partial charge in [0.15, 0.2) is 0 Å². The van der Waals surface area contributed by atoms with E-state index in [1.807, 2.05) is 0 Å². The fraction of sp³-hybridized carbons (Fsp3) is 0.286. The van der Waals surface area contributed by atoms with Gasteiger partial charge in [-0.2, -0.15) is 0 Å². The van der Waals surface area contributed by atoms with E-state index >= 15 is 0 Å². The maximum absolute atomic E-state index is 11.9. The molecule has 1 aliphatic rings. The van der Waals surface area contributed by atoms with E-state index in [9.17, 15) is 13.6 Å². The first-order valence-corrected chi connectivity index (χ1v) is 6.98. The zero-order chi connectivity index (χ0) is 15.7. The van der Waals surface area contributed by atoms with Crippen molar-refractivity contribution >= 4 is 33.7 Å². The molecular formula is C14H12ClF2N3O2. The number of hydrogen-bond acceptors (Lipinski definition) is 4. The lowest BCUT2D eigenvalue weighted by Gasteiger charge is -2.02. The molecule has 1 fully saturated rings. The summed E-state index contributed by atoms with van der Waals surface area (Å²) in [6.45, 7) is 0.333. The normalized spacial score (nSPS) is 16.7. The summed E-state index contributed by atoms with van der Waals surface area (Å²) in [6, 6.07) is 5.16. The number of H-pyrrole nitrogens is 1. The first-order chi connectivity index (χ1) is 10.5. The van der Waals surface area contributed by atoms with Gasteiger partial charge < -0.3 is 14.7 Å². The number of halogens is 3. The highest BCUT2D eigenvalue weighted by Gasteiger charge is 2.32. The number of rotatable bonds is 0. The van der Waals surface area contributed by atoms with E-state index in [0.717, 1.165) is 5.39 Å². The van der Waals surface area contributed by atoms with E-state index in [4.69, 9.17) is 16.0 Å². The van der Waals surface area contributed by atoms with E-state index < -0.39 is 5.92 Å². The van der Waals surface area contributed by atoms with Crippen LogP contribution in [0, 0.1) is 0 Å². The van der Waals surface area contributed by atoms with E-state index in [0.29, 0.717) is 22.7 Å². The molecule has 0 spiro atoms. The molecule has 3 aromatic rings. The van der Waals surface area contributed by atoms with Crippen LogP contribution in [0.25, 0.3) is 22.1 Å². The SMILES string of the molecule is FC1(F)CCNC1.O=c1[nH]cnc2c1oc1ccc(Cl)cc12. The van der Waals surface area contributed by atoms with E-state index in [1.54, 1.807) is 18.2 Å². The Balaban J connectivity index is 0.000000174. The van der Waals surface area contributed by atoms with Crippen LogP contribution < -0.4 is 10.9 Å². The van der Waals surface area contributed by atoms with Gasteiger partial charge in [-0.15, -0.1) is 0 Å². The first kappa shape index (κ1) is 14.9. The minimum absolute atomic E-state index is 0.00694. The van der Waals surface area contributed by atoms with Gasteiger partial charge in [-0.3, -0.25) is 4.79 Å². The standard InChI is InChI=1S/C10H5ClN2O2.C4H7F2N/c11-5-1-2-7-6(3-5)8-9(15-7)10(14)13-4-12-8;5-4(6)1-2-7-3-4/h1-4H,(H,12,13,14);7H,1-3H2. The van der Waals surface area contributed by atoms with Gasteiger partial charge in [-0.05, 0) is 18.2 Å². The molecule has 3 heterocycles. The Kier molecular flexibility index (Phi) is 3.84. The summed E-state index contributed by atoms with van der Waals surface area (Å²) in [7, 11) is 0. The highest BCUT2D eigenvalue weighted by molar-refractivity contribution is 6.31. The molecule has 5 nitrogen and oxygen atoms in total. The Hall–Kier alpha value is -1.99. The zero-order valence-electron chi connectivity index (χ0n) is 11.3. The third-order valence-electron chi connectivity index (χ3n) is 3.27. The third kappa shape index (κ3) is 2.95. The predicted molar refractivity (Wildman–Crippen MR) is 79.6 cm³/mol. The average Bonchev–Trinajstić information content (AvgIpc) is 3.04.